The summed E-state index contributed by atoms with van der Waals surface area (Å²) in [6.45, 7) is 1.26. The molecular formula is C8H12N2O5. The lowest BCUT2D eigenvalue weighted by Crippen LogP contribution is -2.33. The number of hydrazine groups is 1. The summed E-state index contributed by atoms with van der Waals surface area (Å²) in [4.78, 5) is 32.6. The highest BCUT2D eigenvalue weighted by molar-refractivity contribution is 6.13. The van der Waals surface area contributed by atoms with Gasteiger partial charge in [0.2, 0.25) is 5.91 Å². The van der Waals surface area contributed by atoms with Gasteiger partial charge in [-0.25, -0.2) is 9.59 Å². The summed E-state index contributed by atoms with van der Waals surface area (Å²) in [5.74, 6) is -2.10. The van der Waals surface area contributed by atoms with Crippen LogP contribution in [0.5, 0.6) is 0 Å². The molecule has 0 saturated carbocycles. The lowest BCUT2D eigenvalue weighted by atomic mass is 10.3. The molecule has 0 aliphatic carbocycles. The van der Waals surface area contributed by atoms with Crippen molar-refractivity contribution in [1.29, 1.82) is 0 Å². The Balaban J connectivity index is 4.55. The molecule has 1 amide bonds. The zero-order valence-corrected chi connectivity index (χ0v) is 8.62. The first-order valence-electron chi connectivity index (χ1n) is 3.91. The molecule has 15 heavy (non-hydrogen) atoms. The first-order valence-corrected chi connectivity index (χ1v) is 3.91. The topological polar surface area (TPSA) is 93.7 Å². The summed E-state index contributed by atoms with van der Waals surface area (Å²) in [5, 5.41) is 0. The van der Waals surface area contributed by atoms with E-state index in [0.717, 1.165) is 20.4 Å². The van der Waals surface area contributed by atoms with Crippen molar-refractivity contribution in [3.05, 3.63) is 11.8 Å². The number of amides is 1. The summed E-state index contributed by atoms with van der Waals surface area (Å²) in [5.41, 5.74) is 4.05. The predicted octanol–water partition coefficient (Wildman–Crippen LogP) is -1.14. The van der Waals surface area contributed by atoms with Crippen molar-refractivity contribution in [2.45, 2.75) is 6.92 Å². The fourth-order valence-electron chi connectivity index (χ4n) is 0.631. The smallest absolute Gasteiger partial charge is 0.346 e. The van der Waals surface area contributed by atoms with Crippen molar-refractivity contribution in [2.75, 3.05) is 14.2 Å². The third-order valence-electron chi connectivity index (χ3n) is 1.28. The Labute approximate surface area is 86.4 Å². The van der Waals surface area contributed by atoms with Gasteiger partial charge in [-0.15, -0.1) is 0 Å². The van der Waals surface area contributed by atoms with E-state index in [0.29, 0.717) is 0 Å². The minimum atomic E-state index is -0.861. The highest BCUT2D eigenvalue weighted by Crippen LogP contribution is 1.98. The third-order valence-corrected chi connectivity index (χ3v) is 1.28. The molecule has 7 heteroatoms. The molecule has 0 spiro atoms. The molecule has 0 atom stereocenters. The van der Waals surface area contributed by atoms with Crippen LogP contribution < -0.4 is 10.9 Å². The lowest BCUT2D eigenvalue weighted by Gasteiger charge is -2.04. The van der Waals surface area contributed by atoms with Crippen LogP contribution in [-0.4, -0.2) is 32.1 Å². The Hall–Kier alpha value is -2.05. The summed E-state index contributed by atoms with van der Waals surface area (Å²) in [7, 11) is 2.25. The SMILES string of the molecule is COC(=O)C(=CNNC(C)=O)C(=O)OC. The van der Waals surface area contributed by atoms with Crippen molar-refractivity contribution in [2.24, 2.45) is 0 Å². The first-order chi connectivity index (χ1) is 7.02. The Morgan fingerprint density at radius 2 is 1.53 bits per heavy atom. The van der Waals surface area contributed by atoms with Crippen molar-refractivity contribution >= 4 is 17.8 Å². The number of ether oxygens (including phenoxy) is 2. The number of rotatable bonds is 4. The van der Waals surface area contributed by atoms with Crippen LogP contribution in [0.15, 0.2) is 11.8 Å². The molecule has 0 unspecified atom stereocenters. The molecule has 0 aromatic heterocycles. The van der Waals surface area contributed by atoms with Gasteiger partial charge in [0, 0.05) is 13.1 Å². The largest absolute Gasteiger partial charge is 0.465 e. The van der Waals surface area contributed by atoms with Gasteiger partial charge in [0.25, 0.3) is 0 Å². The van der Waals surface area contributed by atoms with E-state index in [-0.39, 0.29) is 11.5 Å². The van der Waals surface area contributed by atoms with Crippen LogP contribution in [0.1, 0.15) is 6.92 Å². The fourth-order valence-corrected chi connectivity index (χ4v) is 0.631. The molecule has 7 nitrogen and oxygen atoms in total. The van der Waals surface area contributed by atoms with Gasteiger partial charge >= 0.3 is 11.9 Å². The predicted molar refractivity (Wildman–Crippen MR) is 49.1 cm³/mol. The molecule has 2 N–H and O–H groups in total. The molecule has 0 bridgehead atoms. The zero-order chi connectivity index (χ0) is 11.8. The van der Waals surface area contributed by atoms with Gasteiger partial charge in [0.1, 0.15) is 0 Å². The van der Waals surface area contributed by atoms with Gasteiger partial charge in [-0.2, -0.15) is 0 Å². The van der Waals surface area contributed by atoms with E-state index in [1.807, 2.05) is 0 Å². The number of esters is 2. The molecule has 0 rings (SSSR count). The van der Waals surface area contributed by atoms with E-state index in [4.69, 9.17) is 0 Å². The number of nitrogens with one attached hydrogen (secondary N) is 2. The minimum Gasteiger partial charge on any atom is -0.465 e. The van der Waals surface area contributed by atoms with Crippen LogP contribution in [0, 0.1) is 0 Å². The summed E-state index contributed by atoms with van der Waals surface area (Å²) >= 11 is 0. The summed E-state index contributed by atoms with van der Waals surface area (Å²) in [6.07, 6.45) is 0.985. The summed E-state index contributed by atoms with van der Waals surface area (Å²) in [6, 6.07) is 0. The molecule has 0 aromatic rings. The average Bonchev–Trinajstić information content (AvgIpc) is 2.22. The third kappa shape index (κ3) is 4.65. The highest BCUT2D eigenvalue weighted by Gasteiger charge is 2.19. The van der Waals surface area contributed by atoms with Crippen molar-refractivity contribution < 1.29 is 23.9 Å². The normalized spacial score (nSPS) is 8.47. The number of carbonyl (C=O) groups is 3. The van der Waals surface area contributed by atoms with Crippen LogP contribution in [0.4, 0.5) is 0 Å². The van der Waals surface area contributed by atoms with E-state index in [1.54, 1.807) is 0 Å². The van der Waals surface area contributed by atoms with Gasteiger partial charge in [-0.3, -0.25) is 10.2 Å². The lowest BCUT2D eigenvalue weighted by molar-refractivity contribution is -0.144. The second-order valence-electron chi connectivity index (χ2n) is 2.37. The van der Waals surface area contributed by atoms with Crippen LogP contribution in [-0.2, 0) is 23.9 Å². The van der Waals surface area contributed by atoms with Gasteiger partial charge in [0.05, 0.1) is 14.2 Å². The molecule has 0 fully saturated rings. The highest BCUT2D eigenvalue weighted by atomic mass is 16.5. The molecule has 0 heterocycles. The monoisotopic (exact) mass is 216 g/mol. The maximum absolute atomic E-state index is 11.0. The first kappa shape index (κ1) is 12.9. The van der Waals surface area contributed by atoms with E-state index >= 15 is 0 Å². The van der Waals surface area contributed by atoms with E-state index in [1.165, 1.54) is 6.92 Å². The Morgan fingerprint density at radius 1 is 1.07 bits per heavy atom. The molecule has 0 aromatic carbocycles. The fraction of sp³-hybridized carbons (Fsp3) is 0.375. The Kier molecular flexibility index (Phi) is 5.53. The molecular weight excluding hydrogens is 204 g/mol. The Morgan fingerprint density at radius 3 is 1.87 bits per heavy atom. The minimum absolute atomic E-state index is 0.353. The maximum Gasteiger partial charge on any atom is 0.346 e. The maximum atomic E-state index is 11.0. The number of hydrogen-bond donors (Lipinski definition) is 2. The van der Waals surface area contributed by atoms with Gasteiger partial charge in [-0.05, 0) is 0 Å². The zero-order valence-electron chi connectivity index (χ0n) is 8.62. The van der Waals surface area contributed by atoms with Crippen molar-refractivity contribution in [3.63, 3.8) is 0 Å². The average molecular weight is 216 g/mol. The van der Waals surface area contributed by atoms with Crippen LogP contribution in [0.2, 0.25) is 0 Å². The quantitative estimate of drug-likeness (QED) is 0.203. The van der Waals surface area contributed by atoms with E-state index in [2.05, 4.69) is 20.3 Å². The number of hydrogen-bond acceptors (Lipinski definition) is 6. The van der Waals surface area contributed by atoms with Crippen molar-refractivity contribution in [1.82, 2.24) is 10.9 Å². The molecule has 0 aliphatic rings. The van der Waals surface area contributed by atoms with Gasteiger partial charge in [-0.1, -0.05) is 0 Å². The molecule has 0 radical (unpaired) electrons. The number of methoxy groups -OCH3 is 2. The van der Waals surface area contributed by atoms with Crippen LogP contribution in [0.25, 0.3) is 0 Å². The van der Waals surface area contributed by atoms with Crippen LogP contribution in [0.3, 0.4) is 0 Å². The second-order valence-corrected chi connectivity index (χ2v) is 2.37. The van der Waals surface area contributed by atoms with Crippen molar-refractivity contribution in [3.8, 4) is 0 Å². The summed E-state index contributed by atoms with van der Waals surface area (Å²) < 4.78 is 8.66. The van der Waals surface area contributed by atoms with Gasteiger partial charge in [0.15, 0.2) is 5.57 Å². The second kappa shape index (κ2) is 6.41. The standard InChI is InChI=1S/C8H12N2O5/c1-5(11)10-9-4-6(7(12)14-2)8(13)15-3/h4,9H,1-3H3,(H,10,11). The van der Waals surface area contributed by atoms with E-state index < -0.39 is 11.9 Å². The number of carbonyl (C=O) groups excluding carboxylic acids is 3. The molecule has 84 valence electrons. The van der Waals surface area contributed by atoms with Crippen LogP contribution >= 0.6 is 0 Å². The molecule has 0 aliphatic heterocycles. The van der Waals surface area contributed by atoms with Gasteiger partial charge < -0.3 is 14.9 Å². The molecule has 0 saturated heterocycles. The van der Waals surface area contributed by atoms with E-state index in [9.17, 15) is 14.4 Å². The Bertz CT molecular complexity index is 279.